The lowest BCUT2D eigenvalue weighted by Crippen LogP contribution is -2.27. The Labute approximate surface area is 186 Å². The summed E-state index contributed by atoms with van der Waals surface area (Å²) in [5.41, 5.74) is 1.67. The zero-order valence-corrected chi connectivity index (χ0v) is 18.3. The molecule has 1 amide bonds. The molecule has 0 saturated heterocycles. The molecule has 32 heavy (non-hydrogen) atoms. The van der Waals surface area contributed by atoms with E-state index in [0.29, 0.717) is 30.9 Å². The average Bonchev–Trinajstić information content (AvgIpc) is 3.18. The molecule has 3 aromatic rings. The molecule has 0 saturated carbocycles. The standard InChI is InChI=1S/C24H28FN5O2/c1-17(15-22(31)26-11-10-18-6-3-2-4-7-18)14-21-27-28-23-24(32)29(12-13-30(21)23)20-9-5-8-19(25)16-20/h5-6,8-9,12-13,16-17H,2-4,7,10-11,14-15H2,1H3,(H,26,31)/t17-/m1/s1. The summed E-state index contributed by atoms with van der Waals surface area (Å²) in [7, 11) is 0. The number of allylic oxidation sites excluding steroid dienone is 1. The van der Waals surface area contributed by atoms with Gasteiger partial charge in [-0.2, -0.15) is 0 Å². The molecule has 2 aromatic heterocycles. The van der Waals surface area contributed by atoms with Crippen LogP contribution < -0.4 is 10.9 Å². The molecule has 0 aliphatic heterocycles. The van der Waals surface area contributed by atoms with Gasteiger partial charge < -0.3 is 5.32 Å². The summed E-state index contributed by atoms with van der Waals surface area (Å²) < 4.78 is 16.5. The summed E-state index contributed by atoms with van der Waals surface area (Å²) >= 11 is 0. The van der Waals surface area contributed by atoms with Gasteiger partial charge in [-0.3, -0.25) is 18.6 Å². The van der Waals surface area contributed by atoms with Crippen molar-refractivity contribution in [2.24, 2.45) is 5.92 Å². The number of nitrogens with zero attached hydrogens (tertiary/aromatic N) is 4. The molecular weight excluding hydrogens is 409 g/mol. The second-order valence-corrected chi connectivity index (χ2v) is 8.48. The van der Waals surface area contributed by atoms with Crippen molar-refractivity contribution in [3.8, 4) is 5.69 Å². The zero-order valence-electron chi connectivity index (χ0n) is 18.3. The van der Waals surface area contributed by atoms with Crippen LogP contribution in [0.3, 0.4) is 0 Å². The van der Waals surface area contributed by atoms with Crippen LogP contribution in [0.2, 0.25) is 0 Å². The van der Waals surface area contributed by atoms with Crippen LogP contribution >= 0.6 is 0 Å². The Bertz CT molecular complexity index is 1200. The molecule has 1 aliphatic rings. The van der Waals surface area contributed by atoms with Crippen LogP contribution in [-0.4, -0.2) is 31.6 Å². The largest absolute Gasteiger partial charge is 0.356 e. The minimum Gasteiger partial charge on any atom is -0.356 e. The average molecular weight is 438 g/mol. The van der Waals surface area contributed by atoms with Crippen molar-refractivity contribution in [3.63, 3.8) is 0 Å². The van der Waals surface area contributed by atoms with Crippen molar-refractivity contribution >= 4 is 11.6 Å². The van der Waals surface area contributed by atoms with Gasteiger partial charge in [0.1, 0.15) is 11.6 Å². The van der Waals surface area contributed by atoms with E-state index >= 15 is 0 Å². The molecule has 0 bridgehead atoms. The number of fused-ring (bicyclic) bond motifs is 1. The lowest BCUT2D eigenvalue weighted by molar-refractivity contribution is -0.121. The summed E-state index contributed by atoms with van der Waals surface area (Å²) in [5, 5.41) is 11.2. The van der Waals surface area contributed by atoms with E-state index in [9.17, 15) is 14.0 Å². The first-order valence-electron chi connectivity index (χ1n) is 11.2. The SMILES string of the molecule is C[C@@H](CC(=O)NCCC1=CCCCC1)Cc1nnc2c(=O)n(-c3cccc(F)c3)ccn12. The van der Waals surface area contributed by atoms with Gasteiger partial charge in [0.25, 0.3) is 0 Å². The Kier molecular flexibility index (Phi) is 6.78. The molecule has 168 valence electrons. The van der Waals surface area contributed by atoms with E-state index in [2.05, 4.69) is 21.6 Å². The first-order chi connectivity index (χ1) is 15.5. The van der Waals surface area contributed by atoms with Crippen molar-refractivity contribution in [1.29, 1.82) is 0 Å². The molecule has 0 spiro atoms. The first-order valence-corrected chi connectivity index (χ1v) is 11.2. The first kappa shape index (κ1) is 21.9. The Morgan fingerprint density at radius 1 is 1.25 bits per heavy atom. The Morgan fingerprint density at radius 2 is 2.12 bits per heavy atom. The van der Waals surface area contributed by atoms with Crippen LogP contribution in [-0.2, 0) is 11.2 Å². The summed E-state index contributed by atoms with van der Waals surface area (Å²) in [4.78, 5) is 25.1. The predicted molar refractivity (Wildman–Crippen MR) is 120 cm³/mol. The maximum absolute atomic E-state index is 13.5. The fraction of sp³-hybridized carbons (Fsp3) is 0.417. The second kappa shape index (κ2) is 9.89. The molecule has 1 N–H and O–H groups in total. The zero-order chi connectivity index (χ0) is 22.5. The Hall–Kier alpha value is -3.29. The third kappa shape index (κ3) is 5.12. The molecule has 2 heterocycles. The highest BCUT2D eigenvalue weighted by Gasteiger charge is 2.16. The van der Waals surface area contributed by atoms with Crippen LogP contribution in [0, 0.1) is 11.7 Å². The van der Waals surface area contributed by atoms with E-state index in [-0.39, 0.29) is 23.0 Å². The smallest absolute Gasteiger partial charge is 0.300 e. The summed E-state index contributed by atoms with van der Waals surface area (Å²) in [6.45, 7) is 2.66. The quantitative estimate of drug-likeness (QED) is 0.546. The lowest BCUT2D eigenvalue weighted by Gasteiger charge is -2.14. The molecule has 4 rings (SSSR count). The van der Waals surface area contributed by atoms with E-state index in [1.165, 1.54) is 35.1 Å². The normalized spacial score (nSPS) is 14.9. The molecule has 7 nitrogen and oxygen atoms in total. The van der Waals surface area contributed by atoms with Crippen molar-refractivity contribution in [3.05, 3.63) is 70.3 Å². The monoisotopic (exact) mass is 437 g/mol. The van der Waals surface area contributed by atoms with Gasteiger partial charge in [0.2, 0.25) is 11.6 Å². The number of carbonyl (C=O) groups excluding carboxylic acids is 1. The predicted octanol–water partition coefficient (Wildman–Crippen LogP) is 3.59. The van der Waals surface area contributed by atoms with Crippen molar-refractivity contribution in [1.82, 2.24) is 24.5 Å². The third-order valence-electron chi connectivity index (χ3n) is 5.85. The van der Waals surface area contributed by atoms with Crippen LogP contribution in [0.4, 0.5) is 4.39 Å². The van der Waals surface area contributed by atoms with Gasteiger partial charge in [0, 0.05) is 31.8 Å². The van der Waals surface area contributed by atoms with Gasteiger partial charge in [-0.05, 0) is 56.2 Å². The second-order valence-electron chi connectivity index (χ2n) is 8.48. The van der Waals surface area contributed by atoms with Gasteiger partial charge in [-0.25, -0.2) is 4.39 Å². The molecule has 1 aromatic carbocycles. The maximum atomic E-state index is 13.5. The fourth-order valence-electron chi connectivity index (χ4n) is 4.17. The van der Waals surface area contributed by atoms with Crippen molar-refractivity contribution < 1.29 is 9.18 Å². The molecule has 0 unspecified atom stereocenters. The number of benzene rings is 1. The Morgan fingerprint density at radius 3 is 2.91 bits per heavy atom. The van der Waals surface area contributed by atoms with Gasteiger partial charge >= 0.3 is 5.56 Å². The van der Waals surface area contributed by atoms with Gasteiger partial charge in [-0.1, -0.05) is 24.6 Å². The molecule has 0 radical (unpaired) electrons. The van der Waals surface area contributed by atoms with Crippen molar-refractivity contribution in [2.75, 3.05) is 6.54 Å². The van der Waals surface area contributed by atoms with E-state index in [0.717, 1.165) is 19.3 Å². The van der Waals surface area contributed by atoms with Crippen LogP contribution in [0.25, 0.3) is 11.3 Å². The summed E-state index contributed by atoms with van der Waals surface area (Å²) in [5.74, 6) is 0.272. The van der Waals surface area contributed by atoms with E-state index in [4.69, 9.17) is 0 Å². The number of rotatable bonds is 8. The maximum Gasteiger partial charge on any atom is 0.300 e. The number of hydrogen-bond acceptors (Lipinski definition) is 4. The number of carbonyl (C=O) groups is 1. The van der Waals surface area contributed by atoms with Crippen LogP contribution in [0.5, 0.6) is 0 Å². The van der Waals surface area contributed by atoms with Crippen LogP contribution in [0.15, 0.2) is 53.1 Å². The Balaban J connectivity index is 1.37. The highest BCUT2D eigenvalue weighted by Crippen LogP contribution is 2.19. The topological polar surface area (TPSA) is 81.3 Å². The molecular formula is C24H28FN5O2. The molecule has 0 fully saturated rings. The third-order valence-corrected chi connectivity index (χ3v) is 5.85. The van der Waals surface area contributed by atoms with Gasteiger partial charge in [-0.15, -0.1) is 10.2 Å². The lowest BCUT2D eigenvalue weighted by atomic mass is 9.97. The van der Waals surface area contributed by atoms with Gasteiger partial charge in [0.15, 0.2) is 0 Å². The minimum atomic E-state index is -0.418. The molecule has 1 aliphatic carbocycles. The molecule has 8 heteroatoms. The number of hydrogen-bond donors (Lipinski definition) is 1. The molecule has 1 atom stereocenters. The highest BCUT2D eigenvalue weighted by atomic mass is 19.1. The number of amides is 1. The van der Waals surface area contributed by atoms with Crippen molar-refractivity contribution in [2.45, 2.75) is 51.9 Å². The summed E-state index contributed by atoms with van der Waals surface area (Å²) in [6, 6.07) is 5.83. The van der Waals surface area contributed by atoms with E-state index in [1.54, 1.807) is 28.9 Å². The fourth-order valence-corrected chi connectivity index (χ4v) is 4.17. The van der Waals surface area contributed by atoms with Crippen LogP contribution in [0.1, 0.15) is 51.3 Å². The summed E-state index contributed by atoms with van der Waals surface area (Å²) in [6.07, 6.45) is 12.2. The minimum absolute atomic E-state index is 0.0243. The highest BCUT2D eigenvalue weighted by molar-refractivity contribution is 5.76. The number of aromatic nitrogens is 4. The number of halogens is 1. The van der Waals surface area contributed by atoms with Gasteiger partial charge in [0.05, 0.1) is 5.69 Å². The van der Waals surface area contributed by atoms with E-state index in [1.807, 2.05) is 6.92 Å². The van der Waals surface area contributed by atoms with E-state index < -0.39 is 5.82 Å². The number of nitrogens with one attached hydrogen (secondary N) is 1.